The van der Waals surface area contributed by atoms with Gasteiger partial charge in [-0.25, -0.2) is 4.98 Å². The van der Waals surface area contributed by atoms with Crippen molar-refractivity contribution in [3.8, 4) is 5.75 Å². The van der Waals surface area contributed by atoms with Crippen LogP contribution in [-0.2, 0) is 11.2 Å². The first-order chi connectivity index (χ1) is 7.59. The average molecular weight is 222 g/mol. The van der Waals surface area contributed by atoms with Crippen molar-refractivity contribution >= 4 is 17.1 Å². The molecule has 0 bridgehead atoms. The van der Waals surface area contributed by atoms with Crippen LogP contribution in [0, 0.1) is 0 Å². The van der Waals surface area contributed by atoms with E-state index in [1.807, 2.05) is 0 Å². The van der Waals surface area contributed by atoms with Crippen LogP contribution < -0.4 is 5.73 Å². The molecule has 0 aliphatic heterocycles. The summed E-state index contributed by atoms with van der Waals surface area (Å²) < 4.78 is 4.99. The molecule has 6 heteroatoms. The monoisotopic (exact) mass is 222 g/mol. The van der Waals surface area contributed by atoms with E-state index in [4.69, 9.17) is 15.3 Å². The molecule has 0 fully saturated rings. The second-order valence-electron chi connectivity index (χ2n) is 3.42. The highest BCUT2D eigenvalue weighted by atomic mass is 16.4. The predicted molar refractivity (Wildman–Crippen MR) is 55.0 cm³/mol. The molecule has 0 aliphatic carbocycles. The van der Waals surface area contributed by atoms with Crippen molar-refractivity contribution in [3.05, 3.63) is 24.1 Å². The number of rotatable bonds is 3. The van der Waals surface area contributed by atoms with Gasteiger partial charge in [-0.2, -0.15) is 0 Å². The molecule has 0 radical (unpaired) electrons. The standard InChI is InChI=1S/C10H10N2O4/c11-6(10(14)15)3-5-1-2-7-8(9(5)13)12-4-16-7/h1-2,4,6,13H,3,11H2,(H,14,15). The normalized spacial score (nSPS) is 12.8. The molecule has 0 spiro atoms. The van der Waals surface area contributed by atoms with Crippen LogP contribution >= 0.6 is 0 Å². The Morgan fingerprint density at radius 2 is 2.31 bits per heavy atom. The maximum Gasteiger partial charge on any atom is 0.320 e. The topological polar surface area (TPSA) is 110 Å². The van der Waals surface area contributed by atoms with Gasteiger partial charge < -0.3 is 20.4 Å². The van der Waals surface area contributed by atoms with Crippen LogP contribution in [0.4, 0.5) is 0 Å². The zero-order valence-corrected chi connectivity index (χ0v) is 8.25. The van der Waals surface area contributed by atoms with Crippen LogP contribution in [0.25, 0.3) is 11.1 Å². The summed E-state index contributed by atoms with van der Waals surface area (Å²) in [6.45, 7) is 0. The van der Waals surface area contributed by atoms with Gasteiger partial charge in [0.15, 0.2) is 17.5 Å². The number of hydrogen-bond acceptors (Lipinski definition) is 5. The Kier molecular flexibility index (Phi) is 2.49. The number of phenols is 1. The van der Waals surface area contributed by atoms with Gasteiger partial charge in [0, 0.05) is 6.42 Å². The number of carbonyl (C=O) groups is 1. The van der Waals surface area contributed by atoms with Crippen molar-refractivity contribution in [1.29, 1.82) is 0 Å². The molecule has 1 unspecified atom stereocenters. The van der Waals surface area contributed by atoms with E-state index in [2.05, 4.69) is 4.98 Å². The second-order valence-corrected chi connectivity index (χ2v) is 3.42. The number of aliphatic carboxylic acids is 1. The lowest BCUT2D eigenvalue weighted by Gasteiger charge is -2.07. The molecule has 0 aliphatic rings. The molecule has 0 saturated heterocycles. The molecule has 84 valence electrons. The van der Waals surface area contributed by atoms with E-state index < -0.39 is 12.0 Å². The third-order valence-electron chi connectivity index (χ3n) is 2.32. The van der Waals surface area contributed by atoms with Gasteiger partial charge in [0.2, 0.25) is 0 Å². The Balaban J connectivity index is 2.37. The van der Waals surface area contributed by atoms with E-state index in [-0.39, 0.29) is 12.2 Å². The molecule has 2 rings (SSSR count). The summed E-state index contributed by atoms with van der Waals surface area (Å²) in [6.07, 6.45) is 1.26. The van der Waals surface area contributed by atoms with E-state index in [9.17, 15) is 9.90 Å². The Morgan fingerprint density at radius 3 is 3.00 bits per heavy atom. The third-order valence-corrected chi connectivity index (χ3v) is 2.32. The van der Waals surface area contributed by atoms with Crippen LogP contribution in [0.3, 0.4) is 0 Å². The zero-order chi connectivity index (χ0) is 11.7. The summed E-state index contributed by atoms with van der Waals surface area (Å²) in [7, 11) is 0. The van der Waals surface area contributed by atoms with E-state index >= 15 is 0 Å². The van der Waals surface area contributed by atoms with Crippen molar-refractivity contribution in [2.45, 2.75) is 12.5 Å². The van der Waals surface area contributed by atoms with Gasteiger partial charge in [-0.05, 0) is 11.6 Å². The zero-order valence-electron chi connectivity index (χ0n) is 8.25. The van der Waals surface area contributed by atoms with Gasteiger partial charge in [-0.15, -0.1) is 0 Å². The first-order valence-electron chi connectivity index (χ1n) is 4.62. The molecule has 16 heavy (non-hydrogen) atoms. The fraction of sp³-hybridized carbons (Fsp3) is 0.200. The maximum atomic E-state index is 10.6. The van der Waals surface area contributed by atoms with Gasteiger partial charge >= 0.3 is 5.97 Å². The summed E-state index contributed by atoms with van der Waals surface area (Å²) in [5, 5.41) is 18.5. The van der Waals surface area contributed by atoms with Crippen LogP contribution in [0.2, 0.25) is 0 Å². The lowest BCUT2D eigenvalue weighted by atomic mass is 10.0. The van der Waals surface area contributed by atoms with Crippen LogP contribution in [0.5, 0.6) is 5.75 Å². The molecule has 1 aromatic heterocycles. The Labute approximate surface area is 90.3 Å². The number of phenolic OH excluding ortho intramolecular Hbond substituents is 1. The SMILES string of the molecule is NC(Cc1ccc2ocnc2c1O)C(=O)O. The molecule has 6 nitrogen and oxygen atoms in total. The van der Waals surface area contributed by atoms with Gasteiger partial charge in [-0.1, -0.05) is 6.07 Å². The summed E-state index contributed by atoms with van der Waals surface area (Å²) in [4.78, 5) is 14.4. The highest BCUT2D eigenvalue weighted by Gasteiger charge is 2.16. The van der Waals surface area contributed by atoms with Crippen molar-refractivity contribution in [1.82, 2.24) is 4.98 Å². The fourth-order valence-electron chi connectivity index (χ4n) is 1.45. The number of nitrogens with zero attached hydrogens (tertiary/aromatic N) is 1. The molecule has 0 amide bonds. The molecule has 0 saturated carbocycles. The third kappa shape index (κ3) is 1.70. The number of aromatic hydroxyl groups is 1. The van der Waals surface area contributed by atoms with Crippen LogP contribution in [-0.4, -0.2) is 27.2 Å². The quantitative estimate of drug-likeness (QED) is 0.697. The number of nitrogens with two attached hydrogens (primary N) is 1. The number of carboxylic acid groups (broad SMARTS) is 1. The van der Waals surface area contributed by atoms with Crippen molar-refractivity contribution in [2.24, 2.45) is 5.73 Å². The molecular formula is C10H10N2O4. The molecule has 1 aromatic carbocycles. The van der Waals surface area contributed by atoms with Crippen molar-refractivity contribution in [3.63, 3.8) is 0 Å². The minimum atomic E-state index is -1.11. The number of aromatic nitrogens is 1. The van der Waals surface area contributed by atoms with Crippen molar-refractivity contribution < 1.29 is 19.4 Å². The highest BCUT2D eigenvalue weighted by Crippen LogP contribution is 2.28. The number of hydrogen-bond donors (Lipinski definition) is 3. The smallest absolute Gasteiger partial charge is 0.320 e. The number of fused-ring (bicyclic) bond motifs is 1. The fourth-order valence-corrected chi connectivity index (χ4v) is 1.45. The number of benzene rings is 1. The second kappa shape index (κ2) is 3.82. The summed E-state index contributed by atoms with van der Waals surface area (Å²) in [5.41, 5.74) is 6.59. The summed E-state index contributed by atoms with van der Waals surface area (Å²) in [6, 6.07) is 2.15. The summed E-state index contributed by atoms with van der Waals surface area (Å²) in [5.74, 6) is -1.19. The van der Waals surface area contributed by atoms with E-state index in [0.29, 0.717) is 16.7 Å². The minimum absolute atomic E-state index is 0.0456. The predicted octanol–water partition coefficient (Wildman–Crippen LogP) is 0.488. The van der Waals surface area contributed by atoms with Crippen LogP contribution in [0.1, 0.15) is 5.56 Å². The number of oxazole rings is 1. The Bertz CT molecular complexity index is 535. The van der Waals surface area contributed by atoms with E-state index in [0.717, 1.165) is 0 Å². The highest BCUT2D eigenvalue weighted by molar-refractivity contribution is 5.81. The van der Waals surface area contributed by atoms with E-state index in [1.54, 1.807) is 12.1 Å². The molecule has 1 atom stereocenters. The first kappa shape index (κ1) is 10.4. The van der Waals surface area contributed by atoms with Crippen LogP contribution in [0.15, 0.2) is 22.9 Å². The van der Waals surface area contributed by atoms with Crippen molar-refractivity contribution in [2.75, 3.05) is 0 Å². The molecule has 1 heterocycles. The van der Waals surface area contributed by atoms with Gasteiger partial charge in [0.25, 0.3) is 0 Å². The summed E-state index contributed by atoms with van der Waals surface area (Å²) >= 11 is 0. The lowest BCUT2D eigenvalue weighted by molar-refractivity contribution is -0.138. The molecular weight excluding hydrogens is 212 g/mol. The van der Waals surface area contributed by atoms with Gasteiger partial charge in [0.05, 0.1) is 0 Å². The largest absolute Gasteiger partial charge is 0.505 e. The van der Waals surface area contributed by atoms with Gasteiger partial charge in [-0.3, -0.25) is 4.79 Å². The average Bonchev–Trinajstić information content (AvgIpc) is 2.70. The lowest BCUT2D eigenvalue weighted by Crippen LogP contribution is -2.32. The molecule has 2 aromatic rings. The van der Waals surface area contributed by atoms with Gasteiger partial charge in [0.1, 0.15) is 11.8 Å². The van der Waals surface area contributed by atoms with E-state index in [1.165, 1.54) is 6.39 Å². The Hall–Kier alpha value is -2.08. The maximum absolute atomic E-state index is 10.6. The Morgan fingerprint density at radius 1 is 1.56 bits per heavy atom. The minimum Gasteiger partial charge on any atom is -0.505 e. The molecule has 4 N–H and O–H groups in total. The number of carboxylic acids is 1. The first-order valence-corrected chi connectivity index (χ1v) is 4.62.